The zero-order valence-corrected chi connectivity index (χ0v) is 16.5. The van der Waals surface area contributed by atoms with E-state index in [0.717, 1.165) is 55.3 Å². The predicted octanol–water partition coefficient (Wildman–Crippen LogP) is 2.92. The first-order valence-electron chi connectivity index (χ1n) is 9.94. The number of anilines is 2. The molecule has 2 fully saturated rings. The Balaban J connectivity index is 0.000000528. The number of carbonyl (C=O) groups is 1. The molecule has 1 aromatic heterocycles. The van der Waals surface area contributed by atoms with Crippen LogP contribution >= 0.6 is 0 Å². The summed E-state index contributed by atoms with van der Waals surface area (Å²) in [6.45, 7) is 13.0. The highest BCUT2D eigenvalue weighted by atomic mass is 16.2. The zero-order valence-electron chi connectivity index (χ0n) is 16.5. The van der Waals surface area contributed by atoms with E-state index in [2.05, 4.69) is 34.4 Å². The summed E-state index contributed by atoms with van der Waals surface area (Å²) in [5, 5.41) is 6.63. The third-order valence-electron chi connectivity index (χ3n) is 4.86. The van der Waals surface area contributed by atoms with Gasteiger partial charge < -0.3 is 15.5 Å². The average Bonchev–Trinajstić information content (AvgIpc) is 3.05. The fourth-order valence-electron chi connectivity index (χ4n) is 3.84. The number of piperazine rings is 1. The van der Waals surface area contributed by atoms with Gasteiger partial charge in [-0.15, -0.1) is 0 Å². The van der Waals surface area contributed by atoms with Crippen LogP contribution in [0.25, 0.3) is 0 Å². The molecule has 1 amide bonds. The van der Waals surface area contributed by atoms with Gasteiger partial charge in [-0.3, -0.25) is 4.79 Å². The lowest BCUT2D eigenvalue weighted by atomic mass is 10.0. The number of nitrogens with one attached hydrogen (secondary N) is 2. The predicted molar refractivity (Wildman–Crippen MR) is 103 cm³/mol. The van der Waals surface area contributed by atoms with E-state index in [-0.39, 0.29) is 18.0 Å². The minimum Gasteiger partial charge on any atom is -0.340 e. The summed E-state index contributed by atoms with van der Waals surface area (Å²) < 4.78 is 0. The van der Waals surface area contributed by atoms with Crippen molar-refractivity contribution in [3.63, 3.8) is 0 Å². The second-order valence-electron chi connectivity index (χ2n) is 6.13. The monoisotopic (exact) mass is 347 g/mol. The third kappa shape index (κ3) is 3.50. The minimum absolute atomic E-state index is 0.0860. The molecule has 3 aliphatic rings. The molecule has 2 N–H and O–H groups in total. The van der Waals surface area contributed by atoms with Crippen molar-refractivity contribution in [1.29, 1.82) is 0 Å². The molecule has 25 heavy (non-hydrogen) atoms. The van der Waals surface area contributed by atoms with Crippen LogP contribution in [-0.4, -0.2) is 40.5 Å². The van der Waals surface area contributed by atoms with Crippen LogP contribution in [0.3, 0.4) is 0 Å². The smallest absolute Gasteiger partial charge is 0.248 e. The van der Waals surface area contributed by atoms with Gasteiger partial charge in [-0.25, -0.2) is 9.97 Å². The van der Waals surface area contributed by atoms with Gasteiger partial charge in [0.05, 0.1) is 5.69 Å². The summed E-state index contributed by atoms with van der Waals surface area (Å²) >= 11 is 0. The van der Waals surface area contributed by atoms with Crippen LogP contribution in [0.1, 0.15) is 65.9 Å². The molecule has 2 unspecified atom stereocenters. The number of hydrogen-bond acceptors (Lipinski definition) is 5. The second kappa shape index (κ2) is 8.61. The van der Waals surface area contributed by atoms with Gasteiger partial charge >= 0.3 is 0 Å². The summed E-state index contributed by atoms with van der Waals surface area (Å²) in [5.74, 6) is 1.89. The van der Waals surface area contributed by atoms with Crippen molar-refractivity contribution in [2.45, 2.75) is 85.4 Å². The molecule has 6 nitrogen and oxygen atoms in total. The van der Waals surface area contributed by atoms with Crippen molar-refractivity contribution in [2.24, 2.45) is 0 Å². The second-order valence-corrected chi connectivity index (χ2v) is 6.13. The molecular formula is C19H33N5O. The van der Waals surface area contributed by atoms with E-state index in [1.807, 2.05) is 27.7 Å². The summed E-state index contributed by atoms with van der Waals surface area (Å²) in [7, 11) is 0. The lowest BCUT2D eigenvalue weighted by molar-refractivity contribution is -0.118. The topological polar surface area (TPSA) is 70.2 Å². The molecule has 2 saturated heterocycles. The largest absolute Gasteiger partial charge is 0.340 e. The molecule has 3 atom stereocenters. The van der Waals surface area contributed by atoms with Gasteiger partial charge in [0.25, 0.3) is 0 Å². The number of aromatic nitrogens is 2. The SMILES string of the molecule is CC.CC.CCc1nc(CC)c2c(n1)N1C[C@@H]3CCC(N3)C1C(=O)N2. The Bertz CT molecular complexity index is 604. The Labute approximate surface area is 151 Å². The van der Waals surface area contributed by atoms with Gasteiger partial charge in [0.1, 0.15) is 17.6 Å². The molecular weight excluding hydrogens is 314 g/mol. The summed E-state index contributed by atoms with van der Waals surface area (Å²) in [4.78, 5) is 24.1. The molecule has 0 aromatic carbocycles. The van der Waals surface area contributed by atoms with Crippen LogP contribution in [0.4, 0.5) is 11.5 Å². The zero-order chi connectivity index (χ0) is 18.6. The number of nitrogens with zero attached hydrogens (tertiary/aromatic N) is 3. The first-order valence-corrected chi connectivity index (χ1v) is 9.94. The standard InChI is InChI=1S/C15H21N5O.2C2H6/c1-3-9-12-14(18-11(4-2)17-9)20-7-8-5-6-10(16-8)13(20)15(21)19-12;2*1-2/h8,10,13,16H,3-7H2,1-2H3,(H,19,21);2*1-2H3/t8-,10?,13?;;/m0../s1. The quantitative estimate of drug-likeness (QED) is 0.861. The molecule has 4 heterocycles. The van der Waals surface area contributed by atoms with E-state index in [9.17, 15) is 4.79 Å². The van der Waals surface area contributed by atoms with Crippen LogP contribution in [0, 0.1) is 0 Å². The molecule has 0 aliphatic carbocycles. The molecule has 0 spiro atoms. The van der Waals surface area contributed by atoms with E-state index >= 15 is 0 Å². The van der Waals surface area contributed by atoms with Gasteiger partial charge in [0.15, 0.2) is 5.82 Å². The Hall–Kier alpha value is -1.69. The van der Waals surface area contributed by atoms with Crippen molar-refractivity contribution in [1.82, 2.24) is 15.3 Å². The van der Waals surface area contributed by atoms with E-state index in [4.69, 9.17) is 4.98 Å². The fourth-order valence-corrected chi connectivity index (χ4v) is 3.84. The van der Waals surface area contributed by atoms with Crippen LogP contribution in [0.2, 0.25) is 0 Å². The Morgan fingerprint density at radius 3 is 2.44 bits per heavy atom. The number of aryl methyl sites for hydroxylation is 2. The Kier molecular flexibility index (Phi) is 6.76. The van der Waals surface area contributed by atoms with Crippen LogP contribution in [0.5, 0.6) is 0 Å². The van der Waals surface area contributed by atoms with Crippen molar-refractivity contribution < 1.29 is 4.79 Å². The Morgan fingerprint density at radius 1 is 1.08 bits per heavy atom. The van der Waals surface area contributed by atoms with Gasteiger partial charge in [0, 0.05) is 25.0 Å². The van der Waals surface area contributed by atoms with Crippen molar-refractivity contribution in [2.75, 3.05) is 16.8 Å². The molecule has 4 rings (SSSR count). The van der Waals surface area contributed by atoms with Crippen molar-refractivity contribution in [3.05, 3.63) is 11.5 Å². The normalized spacial score (nSPS) is 25.6. The third-order valence-corrected chi connectivity index (χ3v) is 4.86. The van der Waals surface area contributed by atoms with Gasteiger partial charge in [-0.1, -0.05) is 41.5 Å². The average molecular weight is 348 g/mol. The highest BCUT2D eigenvalue weighted by molar-refractivity contribution is 6.04. The first kappa shape index (κ1) is 19.6. The van der Waals surface area contributed by atoms with Gasteiger partial charge in [0.2, 0.25) is 5.91 Å². The van der Waals surface area contributed by atoms with E-state index in [1.165, 1.54) is 0 Å². The Morgan fingerprint density at radius 2 is 1.80 bits per heavy atom. The lowest BCUT2D eigenvalue weighted by Gasteiger charge is -2.44. The number of carbonyl (C=O) groups excluding carboxylic acids is 1. The molecule has 0 radical (unpaired) electrons. The lowest BCUT2D eigenvalue weighted by Crippen LogP contribution is -2.64. The number of amides is 1. The first-order chi connectivity index (χ1) is 12.2. The molecule has 0 saturated carbocycles. The van der Waals surface area contributed by atoms with E-state index in [0.29, 0.717) is 6.04 Å². The fraction of sp³-hybridized carbons (Fsp3) is 0.737. The number of hydrogen-bond donors (Lipinski definition) is 2. The van der Waals surface area contributed by atoms with Gasteiger partial charge in [-0.2, -0.15) is 0 Å². The van der Waals surface area contributed by atoms with Crippen LogP contribution in [-0.2, 0) is 17.6 Å². The maximum Gasteiger partial charge on any atom is 0.248 e. The molecule has 3 aliphatic heterocycles. The minimum atomic E-state index is -0.124. The van der Waals surface area contributed by atoms with Crippen molar-refractivity contribution >= 4 is 17.4 Å². The summed E-state index contributed by atoms with van der Waals surface area (Å²) in [6.07, 6.45) is 3.84. The van der Waals surface area contributed by atoms with Crippen molar-refractivity contribution in [3.8, 4) is 0 Å². The summed E-state index contributed by atoms with van der Waals surface area (Å²) in [5.41, 5.74) is 1.78. The molecule has 6 heteroatoms. The van der Waals surface area contributed by atoms with Crippen LogP contribution < -0.4 is 15.5 Å². The highest BCUT2D eigenvalue weighted by Crippen LogP contribution is 2.38. The molecule has 1 aromatic rings. The summed E-state index contributed by atoms with van der Waals surface area (Å²) in [6, 6.07) is 0.609. The maximum atomic E-state index is 12.6. The van der Waals surface area contributed by atoms with Crippen LogP contribution in [0.15, 0.2) is 0 Å². The van der Waals surface area contributed by atoms with E-state index in [1.54, 1.807) is 0 Å². The molecule has 140 valence electrons. The highest BCUT2D eigenvalue weighted by Gasteiger charge is 2.47. The van der Waals surface area contributed by atoms with E-state index < -0.39 is 0 Å². The number of fused-ring (bicyclic) bond motifs is 6. The molecule has 2 bridgehead atoms. The maximum absolute atomic E-state index is 12.6. The number of rotatable bonds is 2. The van der Waals surface area contributed by atoms with Gasteiger partial charge in [-0.05, 0) is 19.3 Å².